The molecular formula is C16H32GeO4. The van der Waals surface area contributed by atoms with Crippen molar-refractivity contribution in [2.75, 3.05) is 26.4 Å². The van der Waals surface area contributed by atoms with Gasteiger partial charge in [-0.1, -0.05) is 79.1 Å². The summed E-state index contributed by atoms with van der Waals surface area (Å²) >= 11 is 0. The molecule has 0 atom stereocenters. The number of unbranched alkanes of at least 4 members (excludes halogenated alkanes) is 4. The first-order chi connectivity index (χ1) is 9.66. The Morgan fingerprint density at radius 2 is 0.571 bits per heavy atom. The molecule has 0 aromatic heterocycles. The molecule has 0 aromatic rings. The molecule has 4 nitrogen and oxygen atoms in total. The molecule has 0 heterocycles. The van der Waals surface area contributed by atoms with Gasteiger partial charge in [0.1, 0.15) is 0 Å². The van der Waals surface area contributed by atoms with Crippen molar-refractivity contribution in [3.63, 3.8) is 0 Å². The second-order valence-electron chi connectivity index (χ2n) is 3.64. The van der Waals surface area contributed by atoms with Crippen LogP contribution < -0.4 is 20.4 Å². The molecule has 124 valence electrons. The molecule has 0 unspecified atom stereocenters. The zero-order valence-electron chi connectivity index (χ0n) is 13.4. The van der Waals surface area contributed by atoms with Crippen LogP contribution in [0, 0.1) is 27.7 Å². The zero-order valence-corrected chi connectivity index (χ0v) is 15.5. The molecule has 21 heavy (non-hydrogen) atoms. The van der Waals surface area contributed by atoms with Crippen LogP contribution in [0.4, 0.5) is 0 Å². The fourth-order valence-electron chi connectivity index (χ4n) is 0.408. The summed E-state index contributed by atoms with van der Waals surface area (Å²) in [6.45, 7) is 14.0. The van der Waals surface area contributed by atoms with Gasteiger partial charge in [0.2, 0.25) is 0 Å². The molecule has 0 amide bonds. The van der Waals surface area contributed by atoms with Crippen LogP contribution in [-0.4, -0.2) is 44.0 Å². The van der Waals surface area contributed by atoms with E-state index in [1.54, 1.807) is 0 Å². The topological polar surface area (TPSA) is 92.2 Å². The van der Waals surface area contributed by atoms with E-state index in [1.807, 2.05) is 0 Å². The maximum atomic E-state index is 9.49. The van der Waals surface area contributed by atoms with Crippen LogP contribution in [0.5, 0.6) is 0 Å². The average Bonchev–Trinajstić information content (AvgIpc) is 2.44. The molecule has 0 spiro atoms. The Morgan fingerprint density at radius 1 is 0.429 bits per heavy atom. The Labute approximate surface area is 144 Å². The second-order valence-corrected chi connectivity index (χ2v) is 3.64. The van der Waals surface area contributed by atoms with Crippen molar-refractivity contribution >= 4 is 17.6 Å². The summed E-state index contributed by atoms with van der Waals surface area (Å²) in [6, 6.07) is 0. The third-order valence-electron chi connectivity index (χ3n) is 1.58. The van der Waals surface area contributed by atoms with Crippen molar-refractivity contribution in [3.8, 4) is 0 Å². The standard InChI is InChI=1S/4C4H8O.Ge/c4*1-2-3-4-5;/h4*1-4H2;/q4*-1;+4. The fraction of sp³-hybridized carbons (Fsp3) is 0.750. The molecule has 0 rings (SSSR count). The van der Waals surface area contributed by atoms with Crippen LogP contribution in [0.25, 0.3) is 0 Å². The SMILES string of the molecule is [CH2]CCC[O-].[CH2]CCC[O-].[CH2]CCC[O-].[CH2]CCC[O-].[Ge+4]. The Morgan fingerprint density at radius 3 is 0.571 bits per heavy atom. The van der Waals surface area contributed by atoms with E-state index < -0.39 is 0 Å². The van der Waals surface area contributed by atoms with Crippen LogP contribution in [-0.2, 0) is 0 Å². The molecule has 5 heteroatoms. The van der Waals surface area contributed by atoms with Gasteiger partial charge in [0, 0.05) is 0 Å². The van der Waals surface area contributed by atoms with Gasteiger partial charge in [0.25, 0.3) is 0 Å². The van der Waals surface area contributed by atoms with E-state index in [-0.39, 0.29) is 44.0 Å². The average molecular weight is 361 g/mol. The van der Waals surface area contributed by atoms with Gasteiger partial charge in [0.15, 0.2) is 0 Å². The molecule has 0 aliphatic carbocycles. The van der Waals surface area contributed by atoms with Crippen molar-refractivity contribution in [2.24, 2.45) is 0 Å². The molecule has 0 aliphatic rings. The maximum Gasteiger partial charge on any atom is 4.00 e. The molecule has 0 fully saturated rings. The van der Waals surface area contributed by atoms with E-state index in [4.69, 9.17) is 0 Å². The Balaban J connectivity index is -0.0000000533. The third kappa shape index (κ3) is 98.0. The number of hydrogen-bond donors (Lipinski definition) is 0. The summed E-state index contributed by atoms with van der Waals surface area (Å²) in [7, 11) is 0. The number of hydrogen-bond acceptors (Lipinski definition) is 4. The summed E-state index contributed by atoms with van der Waals surface area (Å²) in [5.74, 6) is 0. The first-order valence-electron chi connectivity index (χ1n) is 7.15. The van der Waals surface area contributed by atoms with Crippen molar-refractivity contribution in [1.29, 1.82) is 0 Å². The van der Waals surface area contributed by atoms with Crippen LogP contribution in [0.1, 0.15) is 51.4 Å². The van der Waals surface area contributed by atoms with Gasteiger partial charge in [-0.3, -0.25) is 0 Å². The molecule has 0 aromatic carbocycles. The van der Waals surface area contributed by atoms with E-state index in [9.17, 15) is 20.4 Å². The van der Waals surface area contributed by atoms with Gasteiger partial charge in [0.05, 0.1) is 0 Å². The third-order valence-corrected chi connectivity index (χ3v) is 1.58. The Bertz CT molecular complexity index is 74.3. The fourth-order valence-corrected chi connectivity index (χ4v) is 0.408. The van der Waals surface area contributed by atoms with Crippen molar-refractivity contribution < 1.29 is 20.4 Å². The Kier molecular flexibility index (Phi) is 78.7. The van der Waals surface area contributed by atoms with E-state index in [0.29, 0.717) is 0 Å². The molecule has 4 radical (unpaired) electrons. The molecular weight excluding hydrogens is 329 g/mol. The van der Waals surface area contributed by atoms with Crippen LogP contribution >= 0.6 is 0 Å². The van der Waals surface area contributed by atoms with Crippen LogP contribution in [0.2, 0.25) is 0 Å². The minimum Gasteiger partial charge on any atom is -0.854 e. The summed E-state index contributed by atoms with van der Waals surface area (Å²) < 4.78 is 0. The summed E-state index contributed by atoms with van der Waals surface area (Å²) in [6.07, 6.45) is 6.01. The number of rotatable bonds is 8. The first kappa shape index (κ1) is 33.1. The Hall–Kier alpha value is 0.383. The summed E-state index contributed by atoms with van der Waals surface area (Å²) in [5, 5.41) is 38.0. The maximum absolute atomic E-state index is 9.49. The molecule has 0 aliphatic heterocycles. The predicted molar refractivity (Wildman–Crippen MR) is 83.6 cm³/mol. The van der Waals surface area contributed by atoms with E-state index in [1.165, 1.54) is 0 Å². The van der Waals surface area contributed by atoms with Gasteiger partial charge in [-0.05, 0) is 0 Å². The van der Waals surface area contributed by atoms with Crippen molar-refractivity contribution in [1.82, 2.24) is 0 Å². The second kappa shape index (κ2) is 49.9. The van der Waals surface area contributed by atoms with E-state index >= 15 is 0 Å². The van der Waals surface area contributed by atoms with Gasteiger partial charge in [-0.25, -0.2) is 0 Å². The van der Waals surface area contributed by atoms with Crippen molar-refractivity contribution in [2.45, 2.75) is 51.4 Å². The normalized spacial score (nSPS) is 8.00. The quantitative estimate of drug-likeness (QED) is 0.543. The molecule has 0 N–H and O–H groups in total. The van der Waals surface area contributed by atoms with Gasteiger partial charge in [-0.15, -0.1) is 26.4 Å². The van der Waals surface area contributed by atoms with E-state index in [2.05, 4.69) is 27.7 Å². The molecule has 0 bridgehead atoms. The minimum absolute atomic E-state index is 0. The minimum atomic E-state index is 0. The molecule has 0 saturated carbocycles. The van der Waals surface area contributed by atoms with E-state index in [0.717, 1.165) is 51.4 Å². The van der Waals surface area contributed by atoms with Crippen LogP contribution in [0.3, 0.4) is 0 Å². The largest absolute Gasteiger partial charge is 4.00 e. The first-order valence-corrected chi connectivity index (χ1v) is 7.15. The van der Waals surface area contributed by atoms with Crippen molar-refractivity contribution in [3.05, 3.63) is 27.7 Å². The van der Waals surface area contributed by atoms with Gasteiger partial charge >= 0.3 is 17.6 Å². The zero-order chi connectivity index (χ0) is 16.5. The van der Waals surface area contributed by atoms with Crippen LogP contribution in [0.15, 0.2) is 0 Å². The van der Waals surface area contributed by atoms with Gasteiger partial charge < -0.3 is 20.4 Å². The smallest absolute Gasteiger partial charge is 0.854 e. The summed E-state index contributed by atoms with van der Waals surface area (Å²) in [4.78, 5) is 0. The monoisotopic (exact) mass is 362 g/mol. The summed E-state index contributed by atoms with van der Waals surface area (Å²) in [5.41, 5.74) is 0. The molecule has 0 saturated heterocycles. The van der Waals surface area contributed by atoms with Gasteiger partial charge in [-0.2, -0.15) is 0 Å². The predicted octanol–water partition coefficient (Wildman–Crippen LogP) is -0.537.